The Morgan fingerprint density at radius 1 is 1.35 bits per heavy atom. The van der Waals surface area contributed by atoms with Crippen LogP contribution in [0.4, 0.5) is 8.78 Å². The molecule has 0 aliphatic heterocycles. The summed E-state index contributed by atoms with van der Waals surface area (Å²) >= 11 is 0. The lowest BCUT2D eigenvalue weighted by Crippen LogP contribution is -2.15. The molecular formula is C14H14F2N2O2. The molecule has 1 heterocycles. The van der Waals surface area contributed by atoms with E-state index in [4.69, 9.17) is 4.74 Å². The molecule has 0 atom stereocenters. The first-order valence-corrected chi connectivity index (χ1v) is 6.07. The normalized spacial score (nSPS) is 10.9. The number of aromatic nitrogens is 2. The summed E-state index contributed by atoms with van der Waals surface area (Å²) in [7, 11) is 1.39. The van der Waals surface area contributed by atoms with Crippen LogP contribution in [0.3, 0.4) is 0 Å². The standard InChI is InChI=1S/C14H14F2N2O2/c1-8(2)18-13(12(20-3)7-17-18)14(19)10-6-9(15)4-5-11(10)16/h4-8H,1-3H3. The van der Waals surface area contributed by atoms with Gasteiger partial charge in [0.25, 0.3) is 0 Å². The number of carbonyl (C=O) groups excluding carboxylic acids is 1. The van der Waals surface area contributed by atoms with Crippen LogP contribution >= 0.6 is 0 Å². The number of ether oxygens (including phenoxy) is 1. The van der Waals surface area contributed by atoms with Gasteiger partial charge in [-0.15, -0.1) is 0 Å². The lowest BCUT2D eigenvalue weighted by Gasteiger charge is -2.11. The van der Waals surface area contributed by atoms with Crippen LogP contribution < -0.4 is 4.74 Å². The zero-order valence-corrected chi connectivity index (χ0v) is 11.4. The molecule has 4 nitrogen and oxygen atoms in total. The van der Waals surface area contributed by atoms with E-state index in [2.05, 4.69) is 5.10 Å². The SMILES string of the molecule is COc1cnn(C(C)C)c1C(=O)c1cc(F)ccc1F. The highest BCUT2D eigenvalue weighted by atomic mass is 19.1. The van der Waals surface area contributed by atoms with E-state index in [0.717, 1.165) is 18.2 Å². The first-order chi connectivity index (χ1) is 9.45. The van der Waals surface area contributed by atoms with E-state index in [1.54, 1.807) is 0 Å². The molecular weight excluding hydrogens is 266 g/mol. The van der Waals surface area contributed by atoms with Crippen molar-refractivity contribution >= 4 is 5.78 Å². The molecule has 0 saturated heterocycles. The number of methoxy groups -OCH3 is 1. The summed E-state index contributed by atoms with van der Waals surface area (Å²) in [6, 6.07) is 2.64. The van der Waals surface area contributed by atoms with E-state index in [-0.39, 0.29) is 23.0 Å². The van der Waals surface area contributed by atoms with Crippen LogP contribution in [0.5, 0.6) is 5.75 Å². The van der Waals surface area contributed by atoms with Crippen LogP contribution in [0.25, 0.3) is 0 Å². The molecule has 0 radical (unpaired) electrons. The maximum atomic E-state index is 13.7. The van der Waals surface area contributed by atoms with Gasteiger partial charge < -0.3 is 4.74 Å². The van der Waals surface area contributed by atoms with E-state index in [0.29, 0.717) is 0 Å². The van der Waals surface area contributed by atoms with Crippen molar-refractivity contribution in [3.8, 4) is 5.75 Å². The zero-order valence-electron chi connectivity index (χ0n) is 11.4. The summed E-state index contributed by atoms with van der Waals surface area (Å²) in [6.45, 7) is 3.65. The van der Waals surface area contributed by atoms with Gasteiger partial charge >= 0.3 is 0 Å². The van der Waals surface area contributed by atoms with Crippen molar-refractivity contribution in [1.29, 1.82) is 0 Å². The van der Waals surface area contributed by atoms with E-state index >= 15 is 0 Å². The Kier molecular flexibility index (Phi) is 3.83. The molecule has 0 spiro atoms. The molecule has 1 aromatic carbocycles. The van der Waals surface area contributed by atoms with Gasteiger partial charge in [0.15, 0.2) is 11.4 Å². The van der Waals surface area contributed by atoms with E-state index < -0.39 is 17.4 Å². The van der Waals surface area contributed by atoms with Crippen LogP contribution in [0.1, 0.15) is 35.9 Å². The second-order valence-corrected chi connectivity index (χ2v) is 4.55. The number of ketones is 1. The summed E-state index contributed by atoms with van der Waals surface area (Å²) in [5.74, 6) is -1.89. The Balaban J connectivity index is 2.58. The van der Waals surface area contributed by atoms with Gasteiger partial charge in [0.05, 0.1) is 18.9 Å². The second kappa shape index (κ2) is 5.40. The Labute approximate surface area is 115 Å². The highest BCUT2D eigenvalue weighted by molar-refractivity contribution is 6.09. The molecule has 1 aromatic heterocycles. The van der Waals surface area contributed by atoms with Crippen molar-refractivity contribution in [3.05, 3.63) is 47.3 Å². The minimum absolute atomic E-state index is 0.104. The van der Waals surface area contributed by atoms with E-state index in [9.17, 15) is 13.6 Å². The van der Waals surface area contributed by atoms with Crippen molar-refractivity contribution in [2.75, 3.05) is 7.11 Å². The van der Waals surface area contributed by atoms with Crippen molar-refractivity contribution < 1.29 is 18.3 Å². The van der Waals surface area contributed by atoms with Gasteiger partial charge in [-0.2, -0.15) is 5.10 Å². The average molecular weight is 280 g/mol. The summed E-state index contributed by atoms with van der Waals surface area (Å²) in [5, 5.41) is 4.04. The first kappa shape index (κ1) is 14.2. The number of hydrogen-bond donors (Lipinski definition) is 0. The topological polar surface area (TPSA) is 44.1 Å². The fourth-order valence-electron chi connectivity index (χ4n) is 1.90. The van der Waals surface area contributed by atoms with Crippen molar-refractivity contribution in [3.63, 3.8) is 0 Å². The number of halogens is 2. The highest BCUT2D eigenvalue weighted by Crippen LogP contribution is 2.25. The van der Waals surface area contributed by atoms with Gasteiger partial charge in [-0.1, -0.05) is 0 Å². The van der Waals surface area contributed by atoms with E-state index in [1.807, 2.05) is 13.8 Å². The van der Waals surface area contributed by atoms with Crippen LogP contribution in [-0.4, -0.2) is 22.7 Å². The van der Waals surface area contributed by atoms with Crippen LogP contribution in [-0.2, 0) is 0 Å². The molecule has 20 heavy (non-hydrogen) atoms. The molecule has 0 saturated carbocycles. The molecule has 0 amide bonds. The number of benzene rings is 1. The Morgan fingerprint density at radius 3 is 2.65 bits per heavy atom. The van der Waals surface area contributed by atoms with Gasteiger partial charge in [-0.05, 0) is 32.0 Å². The molecule has 0 fully saturated rings. The molecule has 2 rings (SSSR count). The summed E-state index contributed by atoms with van der Waals surface area (Å²) in [5.41, 5.74) is -0.238. The highest BCUT2D eigenvalue weighted by Gasteiger charge is 2.24. The van der Waals surface area contributed by atoms with Gasteiger partial charge in [0.2, 0.25) is 5.78 Å². The van der Waals surface area contributed by atoms with Gasteiger partial charge in [0, 0.05) is 6.04 Å². The predicted octanol–water partition coefficient (Wildman–Crippen LogP) is 2.98. The Bertz CT molecular complexity index is 651. The van der Waals surface area contributed by atoms with Gasteiger partial charge in [-0.3, -0.25) is 9.48 Å². The lowest BCUT2D eigenvalue weighted by molar-refractivity contribution is 0.102. The molecule has 0 N–H and O–H groups in total. The molecule has 6 heteroatoms. The quantitative estimate of drug-likeness (QED) is 0.809. The number of hydrogen-bond acceptors (Lipinski definition) is 3. The predicted molar refractivity (Wildman–Crippen MR) is 69.0 cm³/mol. The second-order valence-electron chi connectivity index (χ2n) is 4.55. The third-order valence-corrected chi connectivity index (χ3v) is 2.86. The first-order valence-electron chi connectivity index (χ1n) is 6.07. The summed E-state index contributed by atoms with van der Waals surface area (Å²) < 4.78 is 33.4. The smallest absolute Gasteiger partial charge is 0.217 e. The van der Waals surface area contributed by atoms with Crippen molar-refractivity contribution in [1.82, 2.24) is 9.78 Å². The van der Waals surface area contributed by atoms with E-state index in [1.165, 1.54) is 18.0 Å². The fraction of sp³-hybridized carbons (Fsp3) is 0.286. The molecule has 2 aromatic rings. The fourth-order valence-corrected chi connectivity index (χ4v) is 1.90. The van der Waals surface area contributed by atoms with Crippen molar-refractivity contribution in [2.24, 2.45) is 0 Å². The van der Waals surface area contributed by atoms with Crippen molar-refractivity contribution in [2.45, 2.75) is 19.9 Å². The zero-order chi connectivity index (χ0) is 14.9. The largest absolute Gasteiger partial charge is 0.493 e. The third-order valence-electron chi connectivity index (χ3n) is 2.86. The monoisotopic (exact) mass is 280 g/mol. The third kappa shape index (κ3) is 2.41. The molecule has 106 valence electrons. The maximum Gasteiger partial charge on any atom is 0.217 e. The Morgan fingerprint density at radius 2 is 2.05 bits per heavy atom. The van der Waals surface area contributed by atoms with Crippen LogP contribution in [0, 0.1) is 11.6 Å². The molecule has 0 unspecified atom stereocenters. The lowest BCUT2D eigenvalue weighted by atomic mass is 10.1. The minimum Gasteiger partial charge on any atom is -0.493 e. The van der Waals surface area contributed by atoms with Crippen LogP contribution in [0.15, 0.2) is 24.4 Å². The molecule has 0 bridgehead atoms. The average Bonchev–Trinajstić information content (AvgIpc) is 2.84. The Hall–Kier alpha value is -2.24. The molecule has 0 aliphatic carbocycles. The number of rotatable bonds is 4. The summed E-state index contributed by atoms with van der Waals surface area (Å²) in [6.07, 6.45) is 1.38. The number of nitrogens with zero attached hydrogens (tertiary/aromatic N) is 2. The summed E-state index contributed by atoms with van der Waals surface area (Å²) in [4.78, 5) is 12.4. The molecule has 0 aliphatic rings. The minimum atomic E-state index is -0.782. The maximum absolute atomic E-state index is 13.7. The van der Waals surface area contributed by atoms with Gasteiger partial charge in [0.1, 0.15) is 11.6 Å². The van der Waals surface area contributed by atoms with Crippen LogP contribution in [0.2, 0.25) is 0 Å². The number of carbonyl (C=O) groups is 1. The van der Waals surface area contributed by atoms with Gasteiger partial charge in [-0.25, -0.2) is 8.78 Å².